The van der Waals surface area contributed by atoms with Crippen molar-refractivity contribution in [1.29, 1.82) is 0 Å². The first-order chi connectivity index (χ1) is 9.76. The Morgan fingerprint density at radius 3 is 2.90 bits per heavy atom. The largest absolute Gasteiger partial charge is 0.496 e. The van der Waals surface area contributed by atoms with E-state index in [2.05, 4.69) is 35.3 Å². The molecule has 0 aromatic heterocycles. The van der Waals surface area contributed by atoms with Crippen LogP contribution in [0.5, 0.6) is 5.75 Å². The number of nitrogens with zero attached hydrogens (tertiary/aromatic N) is 1. The van der Waals surface area contributed by atoms with Crippen LogP contribution in [0.1, 0.15) is 36.8 Å². The van der Waals surface area contributed by atoms with Crippen molar-refractivity contribution in [2.75, 3.05) is 20.2 Å². The lowest BCUT2D eigenvalue weighted by Gasteiger charge is -2.25. The van der Waals surface area contributed by atoms with Crippen LogP contribution in [0.3, 0.4) is 0 Å². The van der Waals surface area contributed by atoms with Crippen LogP contribution >= 0.6 is 0 Å². The zero-order valence-corrected chi connectivity index (χ0v) is 12.7. The number of hydrogen-bond acceptors (Lipinski definition) is 3. The third-order valence-corrected chi connectivity index (χ3v) is 4.53. The van der Waals surface area contributed by atoms with Crippen LogP contribution in [0, 0.1) is 6.92 Å². The van der Waals surface area contributed by atoms with Gasteiger partial charge in [-0.2, -0.15) is 0 Å². The first-order valence-corrected chi connectivity index (χ1v) is 7.87. The predicted octanol–water partition coefficient (Wildman–Crippen LogP) is 2.72. The van der Waals surface area contributed by atoms with Crippen LogP contribution < -0.4 is 10.1 Å². The molecule has 1 aromatic carbocycles. The Labute approximate surface area is 122 Å². The van der Waals surface area contributed by atoms with E-state index in [1.165, 1.54) is 43.4 Å². The Kier molecular flexibility index (Phi) is 4.27. The Balaban J connectivity index is 1.64. The molecular weight excluding hydrogens is 248 g/mol. The number of aryl methyl sites for hydroxylation is 1. The maximum atomic E-state index is 5.51. The monoisotopic (exact) mass is 274 g/mol. The number of likely N-dealkylation sites (tertiary alicyclic amines) is 1. The predicted molar refractivity (Wildman–Crippen MR) is 82.2 cm³/mol. The van der Waals surface area contributed by atoms with Crippen LogP contribution in [0.25, 0.3) is 0 Å². The molecular formula is C17H26N2O. The molecule has 1 atom stereocenters. The summed E-state index contributed by atoms with van der Waals surface area (Å²) in [4.78, 5) is 2.62. The Bertz CT molecular complexity index is 456. The lowest BCUT2D eigenvalue weighted by atomic mass is 10.1. The molecule has 1 aliphatic heterocycles. The van der Waals surface area contributed by atoms with Crippen LogP contribution in [-0.2, 0) is 6.54 Å². The lowest BCUT2D eigenvalue weighted by molar-refractivity contribution is 0.235. The molecule has 3 nitrogen and oxygen atoms in total. The summed E-state index contributed by atoms with van der Waals surface area (Å²) < 4.78 is 5.51. The SMILES string of the molecule is COc1ccc(C)cc1CN1CCCC1CNC1CC1. The molecule has 1 heterocycles. The minimum Gasteiger partial charge on any atom is -0.496 e. The van der Waals surface area contributed by atoms with Gasteiger partial charge in [-0.15, -0.1) is 0 Å². The van der Waals surface area contributed by atoms with E-state index in [9.17, 15) is 0 Å². The van der Waals surface area contributed by atoms with Gasteiger partial charge in [0.05, 0.1) is 7.11 Å². The Morgan fingerprint density at radius 2 is 2.15 bits per heavy atom. The average molecular weight is 274 g/mol. The fourth-order valence-corrected chi connectivity index (χ4v) is 3.17. The van der Waals surface area contributed by atoms with Crippen LogP contribution in [0.2, 0.25) is 0 Å². The van der Waals surface area contributed by atoms with Gasteiger partial charge in [0.15, 0.2) is 0 Å². The van der Waals surface area contributed by atoms with Crippen molar-refractivity contribution < 1.29 is 4.74 Å². The molecule has 1 aliphatic carbocycles. The van der Waals surface area contributed by atoms with E-state index in [4.69, 9.17) is 4.74 Å². The zero-order chi connectivity index (χ0) is 13.9. The van der Waals surface area contributed by atoms with Gasteiger partial charge in [-0.1, -0.05) is 17.7 Å². The Hall–Kier alpha value is -1.06. The molecule has 1 saturated carbocycles. The second-order valence-electron chi connectivity index (χ2n) is 6.26. The van der Waals surface area contributed by atoms with Gasteiger partial charge in [-0.05, 0) is 45.2 Å². The second-order valence-corrected chi connectivity index (χ2v) is 6.26. The number of methoxy groups -OCH3 is 1. The normalized spacial score (nSPS) is 23.2. The molecule has 0 amide bonds. The van der Waals surface area contributed by atoms with Crippen molar-refractivity contribution in [1.82, 2.24) is 10.2 Å². The maximum Gasteiger partial charge on any atom is 0.123 e. The van der Waals surface area contributed by atoms with Crippen molar-refractivity contribution in [2.45, 2.75) is 51.2 Å². The molecule has 2 aliphatic rings. The van der Waals surface area contributed by atoms with Crippen molar-refractivity contribution in [2.24, 2.45) is 0 Å². The van der Waals surface area contributed by atoms with E-state index in [1.807, 2.05) is 0 Å². The van der Waals surface area contributed by atoms with E-state index in [0.717, 1.165) is 24.9 Å². The summed E-state index contributed by atoms with van der Waals surface area (Å²) in [6.45, 7) is 5.54. The lowest BCUT2D eigenvalue weighted by Crippen LogP contribution is -2.38. The van der Waals surface area contributed by atoms with E-state index in [-0.39, 0.29) is 0 Å². The Morgan fingerprint density at radius 1 is 1.30 bits per heavy atom. The van der Waals surface area contributed by atoms with Gasteiger partial charge in [0, 0.05) is 30.7 Å². The summed E-state index contributed by atoms with van der Waals surface area (Å²) in [7, 11) is 1.77. The molecule has 2 fully saturated rings. The molecule has 3 heteroatoms. The van der Waals surface area contributed by atoms with Gasteiger partial charge in [-0.3, -0.25) is 4.90 Å². The van der Waals surface area contributed by atoms with Gasteiger partial charge in [0.1, 0.15) is 5.75 Å². The first-order valence-electron chi connectivity index (χ1n) is 7.87. The zero-order valence-electron chi connectivity index (χ0n) is 12.7. The number of rotatable bonds is 6. The van der Waals surface area contributed by atoms with E-state index >= 15 is 0 Å². The van der Waals surface area contributed by atoms with Gasteiger partial charge in [-0.25, -0.2) is 0 Å². The molecule has 0 bridgehead atoms. The minimum atomic E-state index is 0.695. The molecule has 1 N–H and O–H groups in total. The first kappa shape index (κ1) is 13.9. The summed E-state index contributed by atoms with van der Waals surface area (Å²) in [6, 6.07) is 7.99. The number of nitrogens with one attached hydrogen (secondary N) is 1. The van der Waals surface area contributed by atoms with Crippen molar-refractivity contribution in [3.63, 3.8) is 0 Å². The average Bonchev–Trinajstić information content (AvgIpc) is 3.17. The van der Waals surface area contributed by atoms with Gasteiger partial charge >= 0.3 is 0 Å². The highest BCUT2D eigenvalue weighted by Crippen LogP contribution is 2.26. The molecule has 1 saturated heterocycles. The van der Waals surface area contributed by atoms with Gasteiger partial charge in [0.2, 0.25) is 0 Å². The molecule has 0 radical (unpaired) electrons. The third-order valence-electron chi connectivity index (χ3n) is 4.53. The maximum absolute atomic E-state index is 5.51. The second kappa shape index (κ2) is 6.15. The molecule has 20 heavy (non-hydrogen) atoms. The van der Waals surface area contributed by atoms with Crippen molar-refractivity contribution in [3.05, 3.63) is 29.3 Å². The van der Waals surface area contributed by atoms with E-state index < -0.39 is 0 Å². The summed E-state index contributed by atoms with van der Waals surface area (Å²) in [5, 5.41) is 3.68. The fraction of sp³-hybridized carbons (Fsp3) is 0.647. The van der Waals surface area contributed by atoms with Crippen molar-refractivity contribution in [3.8, 4) is 5.75 Å². The molecule has 110 valence electrons. The highest BCUT2D eigenvalue weighted by molar-refractivity contribution is 5.36. The molecule has 3 rings (SSSR count). The fourth-order valence-electron chi connectivity index (χ4n) is 3.17. The molecule has 1 aromatic rings. The highest BCUT2D eigenvalue weighted by Gasteiger charge is 2.28. The third kappa shape index (κ3) is 3.33. The van der Waals surface area contributed by atoms with E-state index in [0.29, 0.717) is 6.04 Å². The van der Waals surface area contributed by atoms with E-state index in [1.54, 1.807) is 7.11 Å². The van der Waals surface area contributed by atoms with Gasteiger partial charge < -0.3 is 10.1 Å². The summed E-state index contributed by atoms with van der Waals surface area (Å²) >= 11 is 0. The van der Waals surface area contributed by atoms with Crippen molar-refractivity contribution >= 4 is 0 Å². The minimum absolute atomic E-state index is 0.695. The quantitative estimate of drug-likeness (QED) is 0.863. The summed E-state index contributed by atoms with van der Waals surface area (Å²) in [5.41, 5.74) is 2.64. The number of hydrogen-bond donors (Lipinski definition) is 1. The molecule has 1 unspecified atom stereocenters. The topological polar surface area (TPSA) is 24.5 Å². The van der Waals surface area contributed by atoms with Gasteiger partial charge in [0.25, 0.3) is 0 Å². The van der Waals surface area contributed by atoms with Crippen LogP contribution in [0.15, 0.2) is 18.2 Å². The molecule has 0 spiro atoms. The summed E-state index contributed by atoms with van der Waals surface area (Å²) in [6.07, 6.45) is 5.40. The highest BCUT2D eigenvalue weighted by atomic mass is 16.5. The summed E-state index contributed by atoms with van der Waals surface area (Å²) in [5.74, 6) is 1.02. The van der Waals surface area contributed by atoms with Crippen LogP contribution in [0.4, 0.5) is 0 Å². The van der Waals surface area contributed by atoms with Crippen LogP contribution in [-0.4, -0.2) is 37.2 Å². The smallest absolute Gasteiger partial charge is 0.123 e. The standard InChI is InChI=1S/C17H26N2O/c1-13-5-8-17(20-2)14(10-13)12-19-9-3-4-16(19)11-18-15-6-7-15/h5,8,10,15-16,18H,3-4,6-7,9,11-12H2,1-2H3. The number of benzene rings is 1. The number of ether oxygens (including phenoxy) is 1.